The molecule has 1 unspecified atom stereocenters. The number of aliphatic hydroxyl groups is 3. The van der Waals surface area contributed by atoms with E-state index < -0.39 is 31.1 Å². The summed E-state index contributed by atoms with van der Waals surface area (Å²) >= 11 is 0. The van der Waals surface area contributed by atoms with Crippen molar-refractivity contribution in [3.8, 4) is 0 Å². The summed E-state index contributed by atoms with van der Waals surface area (Å²) in [7, 11) is 0. The predicted octanol–water partition coefficient (Wildman–Crippen LogP) is -2.69. The van der Waals surface area contributed by atoms with Crippen LogP contribution < -0.4 is 17.0 Å². The minimum atomic E-state index is -1.25. The van der Waals surface area contributed by atoms with Gasteiger partial charge in [-0.1, -0.05) is 0 Å². The molecule has 1 fully saturated rings. The van der Waals surface area contributed by atoms with Gasteiger partial charge in [0, 0.05) is 0 Å². The maximum Gasteiger partial charge on any atom is 0.241 e. The van der Waals surface area contributed by atoms with E-state index in [1.54, 1.807) is 0 Å². The van der Waals surface area contributed by atoms with E-state index in [9.17, 15) is 10.2 Å². The highest BCUT2D eigenvalue weighted by molar-refractivity contribution is 5.82. The van der Waals surface area contributed by atoms with Crippen molar-refractivity contribution in [2.45, 2.75) is 24.5 Å². The summed E-state index contributed by atoms with van der Waals surface area (Å²) in [5.74, 6) is 5.45. The SMILES string of the molecule is NNc1nc(N)c2ncn([C@@H]3O[C@H](CO)[C@H](O)C3O)c2n1. The Bertz CT molecular complexity index is 662. The van der Waals surface area contributed by atoms with Gasteiger partial charge in [-0.25, -0.2) is 10.8 Å². The van der Waals surface area contributed by atoms with Crippen molar-refractivity contribution in [1.29, 1.82) is 0 Å². The van der Waals surface area contributed by atoms with Crippen molar-refractivity contribution < 1.29 is 20.1 Å². The second kappa shape index (κ2) is 5.05. The molecule has 0 radical (unpaired) electrons. The largest absolute Gasteiger partial charge is 0.394 e. The highest BCUT2D eigenvalue weighted by Gasteiger charge is 2.44. The second-order valence-corrected chi connectivity index (χ2v) is 4.63. The van der Waals surface area contributed by atoms with E-state index in [0.717, 1.165) is 0 Å². The van der Waals surface area contributed by atoms with Crippen molar-refractivity contribution in [1.82, 2.24) is 19.5 Å². The number of aromatic nitrogens is 4. The van der Waals surface area contributed by atoms with Gasteiger partial charge in [0.05, 0.1) is 12.9 Å². The van der Waals surface area contributed by atoms with Gasteiger partial charge in [-0.2, -0.15) is 9.97 Å². The molecule has 1 aliphatic heterocycles. The van der Waals surface area contributed by atoms with Crippen LogP contribution in [-0.2, 0) is 4.74 Å². The van der Waals surface area contributed by atoms with Crippen LogP contribution in [0.5, 0.6) is 0 Å². The van der Waals surface area contributed by atoms with E-state index in [-0.39, 0.29) is 17.4 Å². The quantitative estimate of drug-likeness (QED) is 0.258. The van der Waals surface area contributed by atoms with Gasteiger partial charge in [-0.15, -0.1) is 0 Å². The number of fused-ring (bicyclic) bond motifs is 1. The number of hydrogen-bond acceptors (Lipinski definition) is 10. The number of nitrogen functional groups attached to an aromatic ring is 2. The fourth-order valence-electron chi connectivity index (χ4n) is 2.30. The van der Waals surface area contributed by atoms with E-state index >= 15 is 0 Å². The molecule has 0 amide bonds. The summed E-state index contributed by atoms with van der Waals surface area (Å²) in [5, 5.41) is 28.9. The molecule has 0 saturated carbocycles. The van der Waals surface area contributed by atoms with Crippen LogP contribution in [0.4, 0.5) is 11.8 Å². The molecule has 2 aromatic heterocycles. The van der Waals surface area contributed by atoms with E-state index in [4.69, 9.17) is 21.4 Å². The standard InChI is InChI=1S/C10H15N7O4/c11-7-4-8(15-10(14-7)16-12)17(2-13-4)9-6(20)5(19)3(1-18)21-9/h2-3,5-6,9,18-20H,1,12H2,(H3,11,14,15,16)/t3-,5+,6?,9-/m1/s1. The molecule has 0 aliphatic carbocycles. The number of nitrogens with zero attached hydrogens (tertiary/aromatic N) is 4. The van der Waals surface area contributed by atoms with Crippen molar-refractivity contribution in [3.63, 3.8) is 0 Å². The van der Waals surface area contributed by atoms with Crippen LogP contribution in [0.2, 0.25) is 0 Å². The van der Waals surface area contributed by atoms with Gasteiger partial charge < -0.3 is 25.8 Å². The molecular formula is C10H15N7O4. The molecule has 8 N–H and O–H groups in total. The number of ether oxygens (including phenoxy) is 1. The number of rotatable bonds is 3. The number of anilines is 2. The van der Waals surface area contributed by atoms with Crippen molar-refractivity contribution in [3.05, 3.63) is 6.33 Å². The minimum absolute atomic E-state index is 0.0773. The topological polar surface area (TPSA) is 178 Å². The maximum atomic E-state index is 10.0. The summed E-state index contributed by atoms with van der Waals surface area (Å²) in [4.78, 5) is 12.1. The highest BCUT2D eigenvalue weighted by atomic mass is 16.6. The smallest absolute Gasteiger partial charge is 0.241 e. The minimum Gasteiger partial charge on any atom is -0.394 e. The summed E-state index contributed by atoms with van der Waals surface area (Å²) in [6.07, 6.45) is -2.96. The molecule has 4 atom stereocenters. The Morgan fingerprint density at radius 3 is 2.71 bits per heavy atom. The number of imidazole rings is 1. The zero-order chi connectivity index (χ0) is 15.1. The van der Waals surface area contributed by atoms with Crippen LogP contribution >= 0.6 is 0 Å². The molecule has 1 saturated heterocycles. The third-order valence-electron chi connectivity index (χ3n) is 3.37. The third kappa shape index (κ3) is 2.07. The number of hydrazine groups is 1. The molecule has 11 nitrogen and oxygen atoms in total. The first-order valence-corrected chi connectivity index (χ1v) is 6.16. The molecule has 0 aromatic carbocycles. The monoisotopic (exact) mass is 297 g/mol. The first-order chi connectivity index (χ1) is 10.1. The average Bonchev–Trinajstić information content (AvgIpc) is 3.02. The first-order valence-electron chi connectivity index (χ1n) is 6.16. The normalized spacial score (nSPS) is 29.1. The van der Waals surface area contributed by atoms with Gasteiger partial charge in [0.15, 0.2) is 17.7 Å². The van der Waals surface area contributed by atoms with Gasteiger partial charge in [0.25, 0.3) is 0 Å². The first kappa shape index (κ1) is 13.9. The Balaban J connectivity index is 2.07. The van der Waals surface area contributed by atoms with E-state index in [2.05, 4.69) is 20.4 Å². The third-order valence-corrected chi connectivity index (χ3v) is 3.37. The van der Waals surface area contributed by atoms with Gasteiger partial charge in [0.1, 0.15) is 23.8 Å². The lowest BCUT2D eigenvalue weighted by molar-refractivity contribution is -0.0511. The van der Waals surface area contributed by atoms with Gasteiger partial charge in [-0.3, -0.25) is 9.99 Å². The van der Waals surface area contributed by atoms with Gasteiger partial charge in [-0.05, 0) is 0 Å². The number of hydrogen-bond donors (Lipinski definition) is 6. The molecule has 0 bridgehead atoms. The van der Waals surface area contributed by atoms with Crippen LogP contribution in [0.1, 0.15) is 6.23 Å². The zero-order valence-electron chi connectivity index (χ0n) is 10.8. The maximum absolute atomic E-state index is 10.0. The van der Waals surface area contributed by atoms with Gasteiger partial charge >= 0.3 is 0 Å². The predicted molar refractivity (Wildman–Crippen MR) is 70.6 cm³/mol. The average molecular weight is 297 g/mol. The van der Waals surface area contributed by atoms with E-state index in [1.807, 2.05) is 0 Å². The van der Waals surface area contributed by atoms with Crippen LogP contribution in [0, 0.1) is 0 Å². The Labute approximate surface area is 118 Å². The number of nitrogens with one attached hydrogen (secondary N) is 1. The summed E-state index contributed by atoms with van der Waals surface area (Å²) < 4.78 is 6.82. The Morgan fingerprint density at radius 2 is 2.10 bits per heavy atom. The molecule has 2 aromatic rings. The molecule has 114 valence electrons. The summed E-state index contributed by atoms with van der Waals surface area (Å²) in [6.45, 7) is -0.423. The zero-order valence-corrected chi connectivity index (χ0v) is 10.8. The number of aliphatic hydroxyl groups excluding tert-OH is 3. The molecule has 3 rings (SSSR count). The molecule has 3 heterocycles. The van der Waals surface area contributed by atoms with Crippen molar-refractivity contribution >= 4 is 22.9 Å². The van der Waals surface area contributed by atoms with Crippen LogP contribution in [0.25, 0.3) is 11.2 Å². The lowest BCUT2D eigenvalue weighted by atomic mass is 10.1. The lowest BCUT2D eigenvalue weighted by Gasteiger charge is -2.16. The highest BCUT2D eigenvalue weighted by Crippen LogP contribution is 2.32. The summed E-state index contributed by atoms with van der Waals surface area (Å²) in [6, 6.07) is 0. The molecular weight excluding hydrogens is 282 g/mol. The second-order valence-electron chi connectivity index (χ2n) is 4.63. The van der Waals surface area contributed by atoms with E-state index in [1.165, 1.54) is 10.9 Å². The van der Waals surface area contributed by atoms with Crippen molar-refractivity contribution in [2.75, 3.05) is 17.8 Å². The fraction of sp³-hybridized carbons (Fsp3) is 0.500. The molecule has 0 spiro atoms. The van der Waals surface area contributed by atoms with Crippen LogP contribution in [-0.4, -0.2) is 59.8 Å². The Morgan fingerprint density at radius 1 is 1.33 bits per heavy atom. The van der Waals surface area contributed by atoms with E-state index in [0.29, 0.717) is 5.52 Å². The fourth-order valence-corrected chi connectivity index (χ4v) is 2.30. The molecule has 1 aliphatic rings. The summed E-state index contributed by atoms with van der Waals surface area (Å²) in [5.41, 5.74) is 8.61. The lowest BCUT2D eigenvalue weighted by Crippen LogP contribution is -2.33. The van der Waals surface area contributed by atoms with Crippen molar-refractivity contribution in [2.24, 2.45) is 5.84 Å². The molecule has 11 heteroatoms. The van der Waals surface area contributed by atoms with Gasteiger partial charge in [0.2, 0.25) is 5.95 Å². The van der Waals surface area contributed by atoms with Crippen LogP contribution in [0.3, 0.4) is 0 Å². The molecule has 21 heavy (non-hydrogen) atoms. The number of nitrogens with two attached hydrogens (primary N) is 2. The Kier molecular flexibility index (Phi) is 3.35. The Hall–Kier alpha value is -2.05. The van der Waals surface area contributed by atoms with Crippen LogP contribution in [0.15, 0.2) is 6.33 Å².